The number of ether oxygens (including phenoxy) is 1. The van der Waals surface area contributed by atoms with Crippen LogP contribution in [0.15, 0.2) is 16.9 Å². The second-order valence-electron chi connectivity index (χ2n) is 3.92. The number of nitrogens with zero attached hydrogens (tertiary/aromatic N) is 4. The minimum atomic E-state index is -0.0450. The Hall–Kier alpha value is -2.42. The zero-order valence-corrected chi connectivity index (χ0v) is 10.6. The van der Waals surface area contributed by atoms with Gasteiger partial charge in [-0.2, -0.15) is 15.0 Å². The number of aromatic nitrogens is 4. The molecule has 0 unspecified atom stereocenters. The first-order chi connectivity index (χ1) is 9.17. The van der Waals surface area contributed by atoms with Gasteiger partial charge >= 0.3 is 6.01 Å². The first-order valence-electron chi connectivity index (χ1n) is 5.70. The van der Waals surface area contributed by atoms with Gasteiger partial charge in [-0.15, -0.1) is 0 Å². The summed E-state index contributed by atoms with van der Waals surface area (Å²) in [4.78, 5) is 12.1. The second kappa shape index (κ2) is 5.96. The Morgan fingerprint density at radius 3 is 2.74 bits per heavy atom. The van der Waals surface area contributed by atoms with Crippen LogP contribution in [0.25, 0.3) is 0 Å². The third-order valence-corrected chi connectivity index (χ3v) is 2.00. The van der Waals surface area contributed by atoms with E-state index in [2.05, 4.69) is 30.9 Å². The van der Waals surface area contributed by atoms with Crippen LogP contribution in [0.4, 0.5) is 11.9 Å². The molecule has 0 fully saturated rings. The van der Waals surface area contributed by atoms with Gasteiger partial charge in [0.05, 0.1) is 12.6 Å². The molecular formula is C10H15N7O2. The van der Waals surface area contributed by atoms with E-state index in [1.807, 2.05) is 13.8 Å². The van der Waals surface area contributed by atoms with Crippen molar-refractivity contribution >= 4 is 11.9 Å². The van der Waals surface area contributed by atoms with Crippen LogP contribution < -0.4 is 21.3 Å². The predicted molar refractivity (Wildman–Crippen MR) is 67.2 cm³/mol. The number of hydrogen-bond donors (Lipinski definition) is 3. The standard InChI is InChI=1S/C10H15N7O2/c1-6(2)19-10-14-8(13-9(15-10)16-11)12-5-7-3-4-18-17-7/h3-4,6H,5,11H2,1-2H3,(H2,12,13,14,15,16). The van der Waals surface area contributed by atoms with E-state index >= 15 is 0 Å². The summed E-state index contributed by atoms with van der Waals surface area (Å²) in [5.41, 5.74) is 3.09. The highest BCUT2D eigenvalue weighted by atomic mass is 16.5. The highest BCUT2D eigenvalue weighted by Gasteiger charge is 2.08. The fraction of sp³-hybridized carbons (Fsp3) is 0.400. The summed E-state index contributed by atoms with van der Waals surface area (Å²) in [7, 11) is 0. The van der Waals surface area contributed by atoms with E-state index in [-0.39, 0.29) is 18.1 Å². The average Bonchev–Trinajstić information content (AvgIpc) is 2.88. The Morgan fingerprint density at radius 1 is 1.32 bits per heavy atom. The Morgan fingerprint density at radius 2 is 2.11 bits per heavy atom. The summed E-state index contributed by atoms with van der Waals surface area (Å²) < 4.78 is 10.1. The van der Waals surface area contributed by atoms with Crippen molar-refractivity contribution in [2.45, 2.75) is 26.5 Å². The molecule has 2 rings (SSSR count). The Bertz CT molecular complexity index is 515. The highest BCUT2D eigenvalue weighted by molar-refractivity contribution is 5.35. The van der Waals surface area contributed by atoms with E-state index < -0.39 is 0 Å². The predicted octanol–water partition coefficient (Wildman–Crippen LogP) is 0.544. The van der Waals surface area contributed by atoms with Crippen molar-refractivity contribution in [2.24, 2.45) is 5.84 Å². The lowest BCUT2D eigenvalue weighted by Gasteiger charge is -2.10. The first kappa shape index (κ1) is 13.0. The van der Waals surface area contributed by atoms with Gasteiger partial charge < -0.3 is 14.6 Å². The van der Waals surface area contributed by atoms with Gasteiger partial charge in [-0.25, -0.2) is 5.84 Å². The second-order valence-corrected chi connectivity index (χ2v) is 3.92. The van der Waals surface area contributed by atoms with Crippen molar-refractivity contribution in [2.75, 3.05) is 10.7 Å². The molecule has 0 atom stereocenters. The van der Waals surface area contributed by atoms with E-state index in [4.69, 9.17) is 15.1 Å². The molecule has 19 heavy (non-hydrogen) atoms. The number of anilines is 2. The number of hydrazine groups is 1. The van der Waals surface area contributed by atoms with Crippen LogP contribution in [-0.4, -0.2) is 26.2 Å². The third kappa shape index (κ3) is 3.78. The Kier molecular flexibility index (Phi) is 4.08. The first-order valence-corrected chi connectivity index (χ1v) is 5.70. The quantitative estimate of drug-likeness (QED) is 0.507. The van der Waals surface area contributed by atoms with Crippen molar-refractivity contribution in [3.8, 4) is 6.01 Å². The summed E-state index contributed by atoms with van der Waals surface area (Å²) in [6.07, 6.45) is 1.45. The van der Waals surface area contributed by atoms with Crippen molar-refractivity contribution in [1.29, 1.82) is 0 Å². The molecule has 0 aliphatic carbocycles. The van der Waals surface area contributed by atoms with Gasteiger partial charge in [-0.05, 0) is 13.8 Å². The minimum Gasteiger partial charge on any atom is -0.461 e. The maximum Gasteiger partial charge on any atom is 0.323 e. The maximum atomic E-state index is 5.40. The number of nitrogen functional groups attached to an aromatic ring is 1. The lowest BCUT2D eigenvalue weighted by molar-refractivity contribution is 0.222. The van der Waals surface area contributed by atoms with Gasteiger partial charge in [0.2, 0.25) is 11.9 Å². The molecule has 2 aromatic rings. The van der Waals surface area contributed by atoms with Gasteiger partial charge in [-0.3, -0.25) is 5.43 Å². The van der Waals surface area contributed by atoms with Gasteiger partial charge in [0, 0.05) is 6.07 Å². The number of hydrogen-bond acceptors (Lipinski definition) is 9. The smallest absolute Gasteiger partial charge is 0.323 e. The largest absolute Gasteiger partial charge is 0.461 e. The molecule has 4 N–H and O–H groups in total. The van der Waals surface area contributed by atoms with Gasteiger partial charge in [0.15, 0.2) is 0 Å². The summed E-state index contributed by atoms with van der Waals surface area (Å²) in [5.74, 6) is 5.85. The molecule has 2 heterocycles. The number of rotatable bonds is 6. The number of nitrogens with one attached hydrogen (secondary N) is 2. The van der Waals surface area contributed by atoms with Gasteiger partial charge in [0.1, 0.15) is 12.0 Å². The van der Waals surface area contributed by atoms with E-state index in [0.717, 1.165) is 5.69 Å². The van der Waals surface area contributed by atoms with E-state index in [0.29, 0.717) is 12.5 Å². The normalized spacial score (nSPS) is 10.5. The average molecular weight is 265 g/mol. The Labute approximate surface area is 109 Å². The van der Waals surface area contributed by atoms with Gasteiger partial charge in [0.25, 0.3) is 0 Å². The van der Waals surface area contributed by atoms with Crippen molar-refractivity contribution in [3.05, 3.63) is 18.0 Å². The fourth-order valence-electron chi connectivity index (χ4n) is 1.26. The molecule has 0 amide bonds. The monoisotopic (exact) mass is 265 g/mol. The molecule has 0 radical (unpaired) electrons. The van der Waals surface area contributed by atoms with E-state index in [1.54, 1.807) is 6.07 Å². The van der Waals surface area contributed by atoms with Crippen LogP contribution in [-0.2, 0) is 6.54 Å². The minimum absolute atomic E-state index is 0.0450. The molecular weight excluding hydrogens is 250 g/mol. The molecule has 0 aliphatic heterocycles. The SMILES string of the molecule is CC(C)Oc1nc(NN)nc(NCc2ccon2)n1. The fourth-order valence-corrected chi connectivity index (χ4v) is 1.26. The molecule has 0 bridgehead atoms. The maximum absolute atomic E-state index is 5.40. The molecule has 0 aromatic carbocycles. The van der Waals surface area contributed by atoms with E-state index in [1.165, 1.54) is 6.26 Å². The summed E-state index contributed by atoms with van der Waals surface area (Å²) in [6.45, 7) is 4.18. The molecule has 0 aliphatic rings. The third-order valence-electron chi connectivity index (χ3n) is 2.00. The molecule has 102 valence electrons. The van der Waals surface area contributed by atoms with Crippen LogP contribution >= 0.6 is 0 Å². The van der Waals surface area contributed by atoms with Crippen LogP contribution in [0.5, 0.6) is 6.01 Å². The molecule has 2 aromatic heterocycles. The summed E-state index contributed by atoms with van der Waals surface area (Å²) >= 11 is 0. The molecule has 0 spiro atoms. The highest BCUT2D eigenvalue weighted by Crippen LogP contribution is 2.12. The zero-order valence-electron chi connectivity index (χ0n) is 10.6. The molecule has 0 saturated heterocycles. The summed E-state index contributed by atoms with van der Waals surface area (Å²) in [5, 5.41) is 6.74. The van der Waals surface area contributed by atoms with Crippen LogP contribution in [0.1, 0.15) is 19.5 Å². The van der Waals surface area contributed by atoms with Crippen molar-refractivity contribution in [3.63, 3.8) is 0 Å². The topological polar surface area (TPSA) is 124 Å². The van der Waals surface area contributed by atoms with Crippen LogP contribution in [0.2, 0.25) is 0 Å². The van der Waals surface area contributed by atoms with Crippen LogP contribution in [0, 0.1) is 0 Å². The van der Waals surface area contributed by atoms with Gasteiger partial charge in [-0.1, -0.05) is 5.16 Å². The van der Waals surface area contributed by atoms with Crippen LogP contribution in [0.3, 0.4) is 0 Å². The van der Waals surface area contributed by atoms with Crippen molar-refractivity contribution < 1.29 is 9.26 Å². The van der Waals surface area contributed by atoms with Crippen molar-refractivity contribution in [1.82, 2.24) is 20.1 Å². The summed E-state index contributed by atoms with van der Waals surface area (Å²) in [6, 6.07) is 1.93. The lowest BCUT2D eigenvalue weighted by atomic mass is 10.4. The molecule has 0 saturated carbocycles. The molecule has 9 nitrogen and oxygen atoms in total. The van der Waals surface area contributed by atoms with E-state index in [9.17, 15) is 0 Å². The lowest BCUT2D eigenvalue weighted by Crippen LogP contribution is -2.16. The Balaban J connectivity index is 2.09. The number of nitrogens with two attached hydrogens (primary N) is 1. The zero-order chi connectivity index (χ0) is 13.7. The molecule has 9 heteroatoms.